The summed E-state index contributed by atoms with van der Waals surface area (Å²) < 4.78 is 47.8. The van der Waals surface area contributed by atoms with Crippen LogP contribution in [0.4, 0.5) is 18.0 Å². The molecule has 0 aromatic heterocycles. The highest BCUT2D eigenvalue weighted by atomic mass is 19.4. The van der Waals surface area contributed by atoms with Gasteiger partial charge in [-0.25, -0.2) is 4.79 Å². The molecule has 8 heteroatoms. The summed E-state index contributed by atoms with van der Waals surface area (Å²) in [5.74, 6) is 0.197. The second-order valence-corrected chi connectivity index (χ2v) is 10.2. The highest BCUT2D eigenvalue weighted by molar-refractivity contribution is 5.71. The van der Waals surface area contributed by atoms with E-state index < -0.39 is 6.36 Å². The summed E-state index contributed by atoms with van der Waals surface area (Å²) in [7, 11) is 0. The van der Waals surface area contributed by atoms with Crippen molar-refractivity contribution in [3.63, 3.8) is 0 Å². The van der Waals surface area contributed by atoms with Gasteiger partial charge in [-0.15, -0.1) is 13.2 Å². The number of alkyl carbamates (subject to hydrolysis) is 1. The summed E-state index contributed by atoms with van der Waals surface area (Å²) in [6, 6.07) is 11.6. The quantitative estimate of drug-likeness (QED) is 0.609. The van der Waals surface area contributed by atoms with Gasteiger partial charge in [-0.2, -0.15) is 0 Å². The molecule has 0 saturated carbocycles. The summed E-state index contributed by atoms with van der Waals surface area (Å²) in [5, 5.41) is 3.07. The number of ether oxygens (including phenoxy) is 2. The van der Waals surface area contributed by atoms with Gasteiger partial charge in [-0.1, -0.05) is 44.2 Å². The van der Waals surface area contributed by atoms with Crippen molar-refractivity contribution in [3.05, 3.63) is 53.6 Å². The molecular formula is C26H29F3N2O3. The van der Waals surface area contributed by atoms with Gasteiger partial charge in [0.25, 0.3) is 0 Å². The molecule has 34 heavy (non-hydrogen) atoms. The van der Waals surface area contributed by atoms with Crippen molar-refractivity contribution in [3.8, 4) is 16.9 Å². The summed E-state index contributed by atoms with van der Waals surface area (Å²) in [6.07, 6.45) is -2.29. The second-order valence-electron chi connectivity index (χ2n) is 10.2. The van der Waals surface area contributed by atoms with Gasteiger partial charge in [-0.3, -0.25) is 4.90 Å². The van der Waals surface area contributed by atoms with Gasteiger partial charge in [0, 0.05) is 6.54 Å². The Morgan fingerprint density at radius 1 is 1.09 bits per heavy atom. The highest BCUT2D eigenvalue weighted by Crippen LogP contribution is 2.46. The fraction of sp³-hybridized carbons (Fsp3) is 0.500. The maximum absolute atomic E-state index is 12.7. The molecule has 6 rings (SSSR count). The number of alkyl halides is 3. The molecule has 2 atom stereocenters. The van der Waals surface area contributed by atoms with Crippen molar-refractivity contribution in [1.29, 1.82) is 0 Å². The Morgan fingerprint density at radius 2 is 1.82 bits per heavy atom. The van der Waals surface area contributed by atoms with Crippen LogP contribution in [0.25, 0.3) is 11.1 Å². The number of carbonyl (C=O) groups excluding carboxylic acids is 1. The molecule has 2 bridgehead atoms. The lowest BCUT2D eigenvalue weighted by atomic mass is 9.85. The Hall–Kier alpha value is -2.74. The van der Waals surface area contributed by atoms with Gasteiger partial charge in [-0.05, 0) is 78.1 Å². The number of hydrogen-bond donors (Lipinski definition) is 1. The van der Waals surface area contributed by atoms with Crippen LogP contribution < -0.4 is 10.1 Å². The van der Waals surface area contributed by atoms with Gasteiger partial charge < -0.3 is 14.8 Å². The third kappa shape index (κ3) is 4.73. The molecule has 3 heterocycles. The fourth-order valence-corrected chi connectivity index (χ4v) is 5.72. The Balaban J connectivity index is 1.32. The molecule has 1 N–H and O–H groups in total. The van der Waals surface area contributed by atoms with Gasteiger partial charge in [0.1, 0.15) is 11.9 Å². The molecule has 3 fully saturated rings. The van der Waals surface area contributed by atoms with Crippen LogP contribution >= 0.6 is 0 Å². The number of carbonyl (C=O) groups is 1. The highest BCUT2D eigenvalue weighted by Gasteiger charge is 2.40. The van der Waals surface area contributed by atoms with E-state index in [2.05, 4.69) is 28.8 Å². The minimum atomic E-state index is -4.74. The molecule has 1 unspecified atom stereocenters. The first-order valence-corrected chi connectivity index (χ1v) is 11.8. The lowest BCUT2D eigenvalue weighted by molar-refractivity contribution is -0.274. The molecule has 4 aliphatic rings. The van der Waals surface area contributed by atoms with Crippen LogP contribution in [0.1, 0.15) is 50.3 Å². The molecule has 3 saturated heterocycles. The van der Waals surface area contributed by atoms with Crippen LogP contribution in [0.3, 0.4) is 0 Å². The summed E-state index contributed by atoms with van der Waals surface area (Å²) in [5.41, 5.74) is 3.31. The third-order valence-corrected chi connectivity index (χ3v) is 7.42. The maximum atomic E-state index is 12.7. The van der Waals surface area contributed by atoms with Crippen molar-refractivity contribution < 1.29 is 27.4 Å². The van der Waals surface area contributed by atoms with E-state index in [1.807, 2.05) is 18.2 Å². The van der Waals surface area contributed by atoms with Crippen LogP contribution in [0.5, 0.6) is 5.75 Å². The molecule has 2 aromatic rings. The SMILES string of the molecule is CC1(C)CC(NC(=O)O[C@H]2CN3CCC2CC3)c2ccc(-c3cccc(OC(F)(F)F)c3)cc21. The smallest absolute Gasteiger partial charge is 0.445 e. The average Bonchev–Trinajstić information content (AvgIpc) is 3.02. The second kappa shape index (κ2) is 8.48. The fourth-order valence-electron chi connectivity index (χ4n) is 5.72. The van der Waals surface area contributed by atoms with Crippen molar-refractivity contribution in [1.82, 2.24) is 10.2 Å². The van der Waals surface area contributed by atoms with Crippen LogP contribution in [-0.2, 0) is 10.2 Å². The molecule has 0 spiro atoms. The van der Waals surface area contributed by atoms with E-state index in [1.54, 1.807) is 12.1 Å². The zero-order valence-corrected chi connectivity index (χ0v) is 19.3. The predicted octanol–water partition coefficient (Wildman–Crippen LogP) is 5.80. The number of nitrogens with one attached hydrogen (secondary N) is 1. The molecule has 1 amide bonds. The van der Waals surface area contributed by atoms with E-state index in [0.717, 1.165) is 55.6 Å². The van der Waals surface area contributed by atoms with E-state index >= 15 is 0 Å². The number of benzene rings is 2. The van der Waals surface area contributed by atoms with Crippen LogP contribution in [-0.4, -0.2) is 43.1 Å². The summed E-state index contributed by atoms with van der Waals surface area (Å²) in [4.78, 5) is 15.1. The first kappa shape index (κ1) is 23.0. The maximum Gasteiger partial charge on any atom is 0.573 e. The molecule has 3 aliphatic heterocycles. The summed E-state index contributed by atoms with van der Waals surface area (Å²) in [6.45, 7) is 7.21. The van der Waals surface area contributed by atoms with Crippen molar-refractivity contribution >= 4 is 6.09 Å². The van der Waals surface area contributed by atoms with Gasteiger partial charge in [0.2, 0.25) is 0 Å². The number of amides is 1. The van der Waals surface area contributed by atoms with Crippen molar-refractivity contribution in [2.45, 2.75) is 57.0 Å². The van der Waals surface area contributed by atoms with E-state index in [-0.39, 0.29) is 29.4 Å². The first-order chi connectivity index (χ1) is 16.1. The van der Waals surface area contributed by atoms with E-state index in [9.17, 15) is 18.0 Å². The number of piperidine rings is 3. The van der Waals surface area contributed by atoms with Gasteiger partial charge >= 0.3 is 12.5 Å². The lowest BCUT2D eigenvalue weighted by Crippen LogP contribution is -2.52. The molecule has 1 aliphatic carbocycles. The van der Waals surface area contributed by atoms with Crippen LogP contribution in [0, 0.1) is 5.92 Å². The first-order valence-electron chi connectivity index (χ1n) is 11.8. The van der Waals surface area contributed by atoms with Crippen LogP contribution in [0.2, 0.25) is 0 Å². The minimum Gasteiger partial charge on any atom is -0.445 e. The van der Waals surface area contributed by atoms with Crippen molar-refractivity contribution in [2.75, 3.05) is 19.6 Å². The number of hydrogen-bond acceptors (Lipinski definition) is 4. The zero-order chi connectivity index (χ0) is 24.1. The van der Waals surface area contributed by atoms with Crippen LogP contribution in [0.15, 0.2) is 42.5 Å². The molecular weight excluding hydrogens is 445 g/mol. The minimum absolute atomic E-state index is 0.0510. The number of rotatable bonds is 4. The number of halogens is 3. The van der Waals surface area contributed by atoms with Gasteiger partial charge in [0.05, 0.1) is 6.04 Å². The lowest BCUT2D eigenvalue weighted by Gasteiger charge is -2.43. The largest absolute Gasteiger partial charge is 0.573 e. The third-order valence-electron chi connectivity index (χ3n) is 7.42. The standard InChI is InChI=1S/C26H29F3N2O3/c1-25(2)14-22(30-24(32)33-23-15-31-10-8-16(23)9-11-31)20-7-6-18(13-21(20)25)17-4-3-5-19(12-17)34-26(27,28)29/h3-7,12-13,16,22-23H,8-11,14-15H2,1-2H3,(H,30,32)/t22?,23-/m0/s1. The van der Waals surface area contributed by atoms with Gasteiger partial charge in [0.15, 0.2) is 0 Å². The van der Waals surface area contributed by atoms with Crippen molar-refractivity contribution in [2.24, 2.45) is 5.92 Å². The Labute approximate surface area is 197 Å². The molecule has 182 valence electrons. The number of nitrogens with zero attached hydrogens (tertiary/aromatic N) is 1. The Bertz CT molecular complexity index is 1080. The normalized spacial score (nSPS) is 27.2. The molecule has 0 radical (unpaired) electrons. The zero-order valence-electron chi connectivity index (χ0n) is 19.3. The van der Waals surface area contributed by atoms with E-state index in [4.69, 9.17) is 4.74 Å². The predicted molar refractivity (Wildman–Crippen MR) is 122 cm³/mol. The molecule has 5 nitrogen and oxygen atoms in total. The monoisotopic (exact) mass is 474 g/mol. The number of fused-ring (bicyclic) bond motifs is 4. The Kier molecular flexibility index (Phi) is 5.74. The topological polar surface area (TPSA) is 50.8 Å². The summed E-state index contributed by atoms with van der Waals surface area (Å²) >= 11 is 0. The molecule has 2 aromatic carbocycles. The van der Waals surface area contributed by atoms with E-state index in [1.165, 1.54) is 12.1 Å². The Morgan fingerprint density at radius 3 is 2.50 bits per heavy atom. The van der Waals surface area contributed by atoms with E-state index in [0.29, 0.717) is 11.5 Å². The average molecular weight is 475 g/mol.